The lowest BCUT2D eigenvalue weighted by atomic mass is 10.1. The summed E-state index contributed by atoms with van der Waals surface area (Å²) in [6, 6.07) is 12.6. The summed E-state index contributed by atoms with van der Waals surface area (Å²) in [7, 11) is 0. The van der Waals surface area contributed by atoms with Gasteiger partial charge in [0, 0.05) is 6.04 Å². The lowest BCUT2D eigenvalue weighted by Gasteiger charge is -2.17. The van der Waals surface area contributed by atoms with Crippen molar-refractivity contribution in [2.75, 3.05) is 5.32 Å². The van der Waals surface area contributed by atoms with E-state index in [1.807, 2.05) is 17.6 Å². The van der Waals surface area contributed by atoms with Crippen molar-refractivity contribution in [2.24, 2.45) is 0 Å². The van der Waals surface area contributed by atoms with Crippen molar-refractivity contribution in [1.82, 2.24) is 4.98 Å². The third-order valence-corrected chi connectivity index (χ3v) is 4.50. The highest BCUT2D eigenvalue weighted by atomic mass is 35.5. The maximum atomic E-state index is 6.32. The Labute approximate surface area is 127 Å². The molecule has 0 bridgehead atoms. The van der Waals surface area contributed by atoms with Crippen molar-refractivity contribution in [3.05, 3.63) is 58.1 Å². The molecule has 2 nitrogen and oxygen atoms in total. The molecule has 20 heavy (non-hydrogen) atoms. The zero-order valence-electron chi connectivity index (χ0n) is 11.4. The van der Waals surface area contributed by atoms with E-state index in [1.54, 1.807) is 11.3 Å². The van der Waals surface area contributed by atoms with Gasteiger partial charge < -0.3 is 5.32 Å². The van der Waals surface area contributed by atoms with Gasteiger partial charge >= 0.3 is 0 Å². The van der Waals surface area contributed by atoms with Crippen LogP contribution in [0.3, 0.4) is 0 Å². The van der Waals surface area contributed by atoms with E-state index in [0.717, 1.165) is 15.9 Å². The standard InChI is InChI=1S/C16H15ClN2S/c1-10-3-5-12(6-4-10)11(2)19-15-13(17)7-8-14-16(15)18-9-20-14/h3-9,11,19H,1-2H3. The molecule has 3 rings (SSSR count). The number of hydrogen-bond acceptors (Lipinski definition) is 3. The van der Waals surface area contributed by atoms with E-state index in [1.165, 1.54) is 11.1 Å². The van der Waals surface area contributed by atoms with Crippen LogP contribution in [0.5, 0.6) is 0 Å². The van der Waals surface area contributed by atoms with Crippen LogP contribution in [-0.2, 0) is 0 Å². The molecule has 1 aromatic heterocycles. The molecule has 0 spiro atoms. The van der Waals surface area contributed by atoms with Gasteiger partial charge in [0.15, 0.2) is 0 Å². The Balaban J connectivity index is 1.94. The SMILES string of the molecule is Cc1ccc(C(C)Nc2c(Cl)ccc3scnc23)cc1. The summed E-state index contributed by atoms with van der Waals surface area (Å²) < 4.78 is 1.15. The largest absolute Gasteiger partial charge is 0.376 e. The molecule has 0 saturated heterocycles. The highest BCUT2D eigenvalue weighted by Gasteiger charge is 2.12. The van der Waals surface area contributed by atoms with E-state index < -0.39 is 0 Å². The van der Waals surface area contributed by atoms with Crippen molar-refractivity contribution in [1.29, 1.82) is 0 Å². The third-order valence-electron chi connectivity index (χ3n) is 3.39. The van der Waals surface area contributed by atoms with Gasteiger partial charge in [-0.25, -0.2) is 4.98 Å². The molecule has 0 amide bonds. The smallest absolute Gasteiger partial charge is 0.106 e. The number of benzene rings is 2. The van der Waals surface area contributed by atoms with Crippen molar-refractivity contribution in [2.45, 2.75) is 19.9 Å². The average molecular weight is 303 g/mol. The lowest BCUT2D eigenvalue weighted by molar-refractivity contribution is 0.885. The highest BCUT2D eigenvalue weighted by molar-refractivity contribution is 7.16. The van der Waals surface area contributed by atoms with E-state index in [-0.39, 0.29) is 6.04 Å². The fourth-order valence-corrected chi connectivity index (χ4v) is 3.09. The molecule has 4 heteroatoms. The Morgan fingerprint density at radius 1 is 1.15 bits per heavy atom. The van der Waals surface area contributed by atoms with Crippen molar-refractivity contribution < 1.29 is 0 Å². The van der Waals surface area contributed by atoms with Gasteiger partial charge in [-0.3, -0.25) is 0 Å². The van der Waals surface area contributed by atoms with Crippen molar-refractivity contribution in [3.8, 4) is 0 Å². The number of nitrogens with one attached hydrogen (secondary N) is 1. The number of thiazole rings is 1. The normalized spacial score (nSPS) is 12.6. The molecule has 1 atom stereocenters. The number of anilines is 1. The molecule has 0 saturated carbocycles. The van der Waals surface area contributed by atoms with Gasteiger partial charge in [-0.15, -0.1) is 11.3 Å². The molecule has 0 aliphatic carbocycles. The van der Waals surface area contributed by atoms with Gasteiger partial charge in [-0.05, 0) is 31.5 Å². The van der Waals surface area contributed by atoms with Gasteiger partial charge in [0.05, 0.1) is 20.9 Å². The van der Waals surface area contributed by atoms with Gasteiger partial charge in [-0.1, -0.05) is 41.4 Å². The molecule has 1 N–H and O–H groups in total. The second-order valence-corrected chi connectivity index (χ2v) is 6.19. The average Bonchev–Trinajstić information content (AvgIpc) is 2.91. The monoisotopic (exact) mass is 302 g/mol. The second-order valence-electron chi connectivity index (χ2n) is 4.90. The molecule has 0 radical (unpaired) electrons. The number of aryl methyl sites for hydroxylation is 1. The first-order valence-corrected chi connectivity index (χ1v) is 7.75. The number of halogens is 1. The van der Waals surface area contributed by atoms with Gasteiger partial charge in [0.1, 0.15) is 5.52 Å². The molecular formula is C16H15ClN2S. The van der Waals surface area contributed by atoms with E-state index in [2.05, 4.69) is 48.4 Å². The summed E-state index contributed by atoms with van der Waals surface area (Å²) in [4.78, 5) is 4.41. The van der Waals surface area contributed by atoms with E-state index in [0.29, 0.717) is 5.02 Å². The Morgan fingerprint density at radius 2 is 1.90 bits per heavy atom. The number of aromatic nitrogens is 1. The molecule has 1 heterocycles. The van der Waals surface area contributed by atoms with E-state index >= 15 is 0 Å². The number of nitrogens with zero attached hydrogens (tertiary/aromatic N) is 1. The van der Waals surface area contributed by atoms with Gasteiger partial charge in [0.2, 0.25) is 0 Å². The fraction of sp³-hybridized carbons (Fsp3) is 0.188. The van der Waals surface area contributed by atoms with Crippen LogP contribution in [0.15, 0.2) is 41.9 Å². The summed E-state index contributed by atoms with van der Waals surface area (Å²) in [5.41, 5.74) is 6.21. The third kappa shape index (κ3) is 2.51. The van der Waals surface area contributed by atoms with Crippen LogP contribution in [0.4, 0.5) is 5.69 Å². The Hall–Kier alpha value is -1.58. The zero-order chi connectivity index (χ0) is 14.1. The van der Waals surface area contributed by atoms with Crippen LogP contribution in [0, 0.1) is 6.92 Å². The lowest BCUT2D eigenvalue weighted by Crippen LogP contribution is -2.07. The minimum absolute atomic E-state index is 0.181. The van der Waals surface area contributed by atoms with Crippen LogP contribution in [0.25, 0.3) is 10.2 Å². The van der Waals surface area contributed by atoms with Crippen molar-refractivity contribution >= 4 is 38.8 Å². The highest BCUT2D eigenvalue weighted by Crippen LogP contribution is 2.34. The molecule has 0 fully saturated rings. The molecule has 0 aliphatic heterocycles. The molecular weight excluding hydrogens is 288 g/mol. The molecule has 3 aromatic rings. The first kappa shape index (κ1) is 13.4. The van der Waals surface area contributed by atoms with Gasteiger partial charge in [0.25, 0.3) is 0 Å². The van der Waals surface area contributed by atoms with E-state index in [9.17, 15) is 0 Å². The Morgan fingerprint density at radius 3 is 2.65 bits per heavy atom. The first-order chi connectivity index (χ1) is 9.65. The molecule has 2 aromatic carbocycles. The van der Waals surface area contributed by atoms with Gasteiger partial charge in [-0.2, -0.15) is 0 Å². The summed E-state index contributed by atoms with van der Waals surface area (Å²) in [6.07, 6.45) is 0. The van der Waals surface area contributed by atoms with E-state index in [4.69, 9.17) is 11.6 Å². The van der Waals surface area contributed by atoms with Crippen LogP contribution in [-0.4, -0.2) is 4.98 Å². The Kier molecular flexibility index (Phi) is 3.64. The number of rotatable bonds is 3. The maximum Gasteiger partial charge on any atom is 0.106 e. The summed E-state index contributed by atoms with van der Waals surface area (Å²) >= 11 is 7.94. The number of fused-ring (bicyclic) bond motifs is 1. The minimum Gasteiger partial charge on any atom is -0.376 e. The summed E-state index contributed by atoms with van der Waals surface area (Å²) in [6.45, 7) is 4.22. The molecule has 1 unspecified atom stereocenters. The second kappa shape index (κ2) is 5.43. The minimum atomic E-state index is 0.181. The Bertz CT molecular complexity index is 734. The zero-order valence-corrected chi connectivity index (χ0v) is 12.9. The summed E-state index contributed by atoms with van der Waals surface area (Å²) in [5, 5.41) is 4.20. The topological polar surface area (TPSA) is 24.9 Å². The fourth-order valence-electron chi connectivity index (χ4n) is 2.20. The first-order valence-electron chi connectivity index (χ1n) is 6.50. The molecule has 102 valence electrons. The van der Waals surface area contributed by atoms with Crippen LogP contribution in [0.2, 0.25) is 5.02 Å². The van der Waals surface area contributed by atoms with Crippen molar-refractivity contribution in [3.63, 3.8) is 0 Å². The van der Waals surface area contributed by atoms with Crippen LogP contribution >= 0.6 is 22.9 Å². The summed E-state index contributed by atoms with van der Waals surface area (Å²) in [5.74, 6) is 0. The predicted octanol–water partition coefficient (Wildman–Crippen LogP) is 5.43. The number of hydrogen-bond donors (Lipinski definition) is 1. The van der Waals surface area contributed by atoms with Crippen LogP contribution < -0.4 is 5.32 Å². The maximum absolute atomic E-state index is 6.32. The van der Waals surface area contributed by atoms with Crippen LogP contribution in [0.1, 0.15) is 24.1 Å². The predicted molar refractivity (Wildman–Crippen MR) is 87.8 cm³/mol. The quantitative estimate of drug-likeness (QED) is 0.697. The molecule has 0 aliphatic rings.